The zero-order valence-corrected chi connectivity index (χ0v) is 11.7. The molecule has 0 aliphatic carbocycles. The lowest BCUT2D eigenvalue weighted by Crippen LogP contribution is -2.55. The molecule has 0 saturated carbocycles. The number of carbonyl (C=O) groups excluding carboxylic acids is 1. The topological polar surface area (TPSA) is 81.7 Å². The van der Waals surface area contributed by atoms with Gasteiger partial charge in [0, 0.05) is 13.6 Å². The molecule has 0 bridgehead atoms. The van der Waals surface area contributed by atoms with E-state index in [9.17, 15) is 9.59 Å². The lowest BCUT2D eigenvalue weighted by atomic mass is 9.96. The smallest absolute Gasteiger partial charge is 0.329 e. The minimum Gasteiger partial charge on any atom is -0.480 e. The molecule has 0 aliphatic rings. The van der Waals surface area contributed by atoms with Gasteiger partial charge in [0.05, 0.1) is 0 Å². The number of urea groups is 1. The van der Waals surface area contributed by atoms with Gasteiger partial charge in [0.2, 0.25) is 0 Å². The first kappa shape index (κ1) is 16.7. The van der Waals surface area contributed by atoms with Crippen LogP contribution in [-0.4, -0.2) is 54.7 Å². The van der Waals surface area contributed by atoms with Gasteiger partial charge in [-0.15, -0.1) is 0 Å². The van der Waals surface area contributed by atoms with Crippen LogP contribution < -0.4 is 10.6 Å². The number of aliphatic carboxylic acids is 1. The highest BCUT2D eigenvalue weighted by molar-refractivity contribution is 5.85. The van der Waals surface area contributed by atoms with Gasteiger partial charge in [0.15, 0.2) is 0 Å². The summed E-state index contributed by atoms with van der Waals surface area (Å²) < 4.78 is 0. The maximum Gasteiger partial charge on any atom is 0.329 e. The van der Waals surface area contributed by atoms with Crippen LogP contribution in [0.15, 0.2) is 0 Å². The number of amides is 2. The third-order valence-electron chi connectivity index (χ3n) is 2.87. The van der Waals surface area contributed by atoms with Crippen molar-refractivity contribution < 1.29 is 14.7 Å². The first-order chi connectivity index (χ1) is 8.37. The first-order valence-corrected chi connectivity index (χ1v) is 6.28. The number of carbonyl (C=O) groups is 2. The van der Waals surface area contributed by atoms with Crippen molar-refractivity contribution in [2.24, 2.45) is 0 Å². The molecule has 18 heavy (non-hydrogen) atoms. The molecule has 2 amide bonds. The Hall–Kier alpha value is -1.30. The van der Waals surface area contributed by atoms with E-state index in [1.54, 1.807) is 7.05 Å². The Morgan fingerprint density at radius 2 is 2.00 bits per heavy atom. The second kappa shape index (κ2) is 7.92. The van der Waals surface area contributed by atoms with Gasteiger partial charge in [-0.2, -0.15) is 0 Å². The molecular weight excluding hydrogens is 234 g/mol. The summed E-state index contributed by atoms with van der Waals surface area (Å²) in [7, 11) is 3.52. The Bertz CT molecular complexity index is 284. The molecule has 0 saturated heterocycles. The molecule has 0 aliphatic heterocycles. The van der Waals surface area contributed by atoms with Gasteiger partial charge >= 0.3 is 12.0 Å². The number of hydrogen-bond acceptors (Lipinski definition) is 3. The van der Waals surface area contributed by atoms with Crippen molar-refractivity contribution in [3.05, 3.63) is 0 Å². The SMILES string of the molecule is CCCC(C)(NC(=O)N(C)CCCNC)C(=O)O. The van der Waals surface area contributed by atoms with E-state index in [-0.39, 0.29) is 6.03 Å². The molecule has 106 valence electrons. The number of carboxylic acid groups (broad SMARTS) is 1. The number of carboxylic acids is 1. The summed E-state index contributed by atoms with van der Waals surface area (Å²) in [6.07, 6.45) is 1.95. The first-order valence-electron chi connectivity index (χ1n) is 6.28. The number of nitrogens with zero attached hydrogens (tertiary/aromatic N) is 1. The van der Waals surface area contributed by atoms with Crippen molar-refractivity contribution in [1.29, 1.82) is 0 Å². The van der Waals surface area contributed by atoms with E-state index in [0.717, 1.165) is 13.0 Å². The Labute approximate surface area is 109 Å². The normalized spacial score (nSPS) is 13.8. The minimum atomic E-state index is -1.19. The zero-order chi connectivity index (χ0) is 14.2. The molecule has 6 heteroatoms. The van der Waals surface area contributed by atoms with Gasteiger partial charge in [-0.3, -0.25) is 0 Å². The summed E-state index contributed by atoms with van der Waals surface area (Å²) in [5.74, 6) is -0.999. The summed E-state index contributed by atoms with van der Waals surface area (Å²) in [5.41, 5.74) is -1.19. The van der Waals surface area contributed by atoms with E-state index in [2.05, 4.69) is 10.6 Å². The van der Waals surface area contributed by atoms with E-state index in [0.29, 0.717) is 19.4 Å². The van der Waals surface area contributed by atoms with Crippen molar-refractivity contribution in [2.75, 3.05) is 27.2 Å². The van der Waals surface area contributed by atoms with Crippen LogP contribution in [-0.2, 0) is 4.79 Å². The molecule has 0 spiro atoms. The van der Waals surface area contributed by atoms with Crippen LogP contribution >= 0.6 is 0 Å². The van der Waals surface area contributed by atoms with Gasteiger partial charge in [-0.05, 0) is 33.4 Å². The van der Waals surface area contributed by atoms with Crippen LogP contribution in [0.4, 0.5) is 4.79 Å². The van der Waals surface area contributed by atoms with Crippen LogP contribution in [0.1, 0.15) is 33.1 Å². The molecule has 1 atom stereocenters. The summed E-state index contributed by atoms with van der Waals surface area (Å²) in [6.45, 7) is 4.85. The van der Waals surface area contributed by atoms with Crippen molar-refractivity contribution in [3.63, 3.8) is 0 Å². The average molecular weight is 259 g/mol. The summed E-state index contributed by atoms with van der Waals surface area (Å²) >= 11 is 0. The summed E-state index contributed by atoms with van der Waals surface area (Å²) in [6, 6.07) is -0.343. The molecule has 0 aromatic rings. The molecule has 3 N–H and O–H groups in total. The maximum absolute atomic E-state index is 11.9. The second-order valence-corrected chi connectivity index (χ2v) is 4.70. The molecular formula is C12H25N3O3. The van der Waals surface area contributed by atoms with Crippen LogP contribution in [0.2, 0.25) is 0 Å². The fraction of sp³-hybridized carbons (Fsp3) is 0.833. The highest BCUT2D eigenvalue weighted by Gasteiger charge is 2.34. The second-order valence-electron chi connectivity index (χ2n) is 4.70. The van der Waals surface area contributed by atoms with Crippen LogP contribution in [0.25, 0.3) is 0 Å². The van der Waals surface area contributed by atoms with Crippen LogP contribution in [0.5, 0.6) is 0 Å². The molecule has 0 fully saturated rings. The standard InChI is InChI=1S/C12H25N3O3/c1-5-7-12(2,10(16)17)14-11(18)15(4)9-6-8-13-3/h13H,5-9H2,1-4H3,(H,14,18)(H,16,17). The quantitative estimate of drug-likeness (QED) is 0.565. The fourth-order valence-corrected chi connectivity index (χ4v) is 1.65. The molecule has 1 unspecified atom stereocenters. The van der Waals surface area contributed by atoms with E-state index in [4.69, 9.17) is 5.11 Å². The van der Waals surface area contributed by atoms with Crippen molar-refractivity contribution in [3.8, 4) is 0 Å². The lowest BCUT2D eigenvalue weighted by Gasteiger charge is -2.28. The Kier molecular flexibility index (Phi) is 7.35. The Morgan fingerprint density at radius 3 is 2.44 bits per heavy atom. The third kappa shape index (κ3) is 5.35. The number of rotatable bonds is 8. The van der Waals surface area contributed by atoms with Crippen molar-refractivity contribution >= 4 is 12.0 Å². The number of hydrogen-bond donors (Lipinski definition) is 3. The number of nitrogens with one attached hydrogen (secondary N) is 2. The molecule has 0 rings (SSSR count). The van der Waals surface area contributed by atoms with Crippen LogP contribution in [0.3, 0.4) is 0 Å². The lowest BCUT2D eigenvalue weighted by molar-refractivity contribution is -0.144. The summed E-state index contributed by atoms with van der Waals surface area (Å²) in [4.78, 5) is 24.6. The van der Waals surface area contributed by atoms with Gasteiger partial charge < -0.3 is 20.6 Å². The Morgan fingerprint density at radius 1 is 1.39 bits per heavy atom. The summed E-state index contributed by atoms with van der Waals surface area (Å²) in [5, 5.41) is 14.7. The maximum atomic E-state index is 11.9. The average Bonchev–Trinajstić information content (AvgIpc) is 2.29. The van der Waals surface area contributed by atoms with Crippen LogP contribution in [0, 0.1) is 0 Å². The van der Waals surface area contributed by atoms with Gasteiger partial charge in [0.25, 0.3) is 0 Å². The highest BCUT2D eigenvalue weighted by atomic mass is 16.4. The molecule has 0 aromatic carbocycles. The fourth-order valence-electron chi connectivity index (χ4n) is 1.65. The highest BCUT2D eigenvalue weighted by Crippen LogP contribution is 2.13. The third-order valence-corrected chi connectivity index (χ3v) is 2.87. The van der Waals surface area contributed by atoms with E-state index < -0.39 is 11.5 Å². The minimum absolute atomic E-state index is 0.343. The molecule has 0 aromatic heterocycles. The molecule has 6 nitrogen and oxygen atoms in total. The van der Waals surface area contributed by atoms with Gasteiger partial charge in [-0.25, -0.2) is 9.59 Å². The Balaban J connectivity index is 4.37. The van der Waals surface area contributed by atoms with Gasteiger partial charge in [-0.1, -0.05) is 13.3 Å². The predicted octanol–water partition coefficient (Wildman–Crippen LogP) is 0.881. The zero-order valence-electron chi connectivity index (χ0n) is 11.7. The van der Waals surface area contributed by atoms with E-state index in [1.807, 2.05) is 14.0 Å². The van der Waals surface area contributed by atoms with Gasteiger partial charge in [0.1, 0.15) is 5.54 Å². The molecule has 0 radical (unpaired) electrons. The van der Waals surface area contributed by atoms with Crippen molar-refractivity contribution in [2.45, 2.75) is 38.6 Å². The largest absolute Gasteiger partial charge is 0.480 e. The molecule has 0 heterocycles. The van der Waals surface area contributed by atoms with E-state index in [1.165, 1.54) is 11.8 Å². The van der Waals surface area contributed by atoms with E-state index >= 15 is 0 Å². The monoisotopic (exact) mass is 259 g/mol. The van der Waals surface area contributed by atoms with Crippen molar-refractivity contribution in [1.82, 2.24) is 15.5 Å². The predicted molar refractivity (Wildman–Crippen MR) is 70.7 cm³/mol.